The molecule has 3 aromatic heterocycles. The lowest BCUT2D eigenvalue weighted by molar-refractivity contribution is 0.414. The number of para-hydroxylation sites is 2. The highest BCUT2D eigenvalue weighted by Crippen LogP contribution is 2.46. The van der Waals surface area contributed by atoms with Crippen LogP contribution in [0.1, 0.15) is 40.3 Å². The Kier molecular flexibility index (Phi) is 5.79. The number of benzene rings is 1. The van der Waals surface area contributed by atoms with E-state index >= 15 is 0 Å². The molecule has 1 fully saturated rings. The fraction of sp³-hybridized carbons (Fsp3) is 0.222. The third-order valence-corrected chi connectivity index (χ3v) is 6.74. The predicted octanol–water partition coefficient (Wildman–Crippen LogP) is 5.38. The smallest absolute Gasteiger partial charge is 0.174 e. The average Bonchev–Trinajstić information content (AvgIpc) is 3.35. The van der Waals surface area contributed by atoms with E-state index in [2.05, 4.69) is 57.7 Å². The third-order valence-electron chi connectivity index (χ3n) is 6.43. The summed E-state index contributed by atoms with van der Waals surface area (Å²) < 4.78 is 7.94. The zero-order chi connectivity index (χ0) is 23.8. The minimum Gasteiger partial charge on any atom is -0.495 e. The molecule has 4 aromatic rings. The Bertz CT molecular complexity index is 1350. The second-order valence-electron chi connectivity index (χ2n) is 8.47. The lowest BCUT2D eigenvalue weighted by Gasteiger charge is -2.29. The Morgan fingerprint density at radius 2 is 1.71 bits per heavy atom. The van der Waals surface area contributed by atoms with Crippen molar-refractivity contribution in [1.29, 1.82) is 0 Å². The Morgan fingerprint density at radius 3 is 2.44 bits per heavy atom. The second kappa shape index (κ2) is 8.91. The molecule has 1 aromatic carbocycles. The summed E-state index contributed by atoms with van der Waals surface area (Å²) in [7, 11) is 1.69. The molecular formula is C27H27N5OS. The number of thiocarbonyl (C=S) groups is 1. The standard InChI is InChI=1S/C27H27N5OS/c1-17-10-9-15-29-26(17)31-18(2)16-20(19(31)3)25-24(21-11-7-8-14-28-21)30-27(34)32(25)22-12-5-6-13-23(22)33-4/h5-16,24-25H,1-4H3,(H,30,34)/t24-,25+/m0/s1. The first kappa shape index (κ1) is 22.1. The first-order chi connectivity index (χ1) is 16.5. The van der Waals surface area contributed by atoms with E-state index < -0.39 is 0 Å². The van der Waals surface area contributed by atoms with E-state index in [1.165, 1.54) is 0 Å². The van der Waals surface area contributed by atoms with Gasteiger partial charge in [-0.3, -0.25) is 4.98 Å². The van der Waals surface area contributed by atoms with E-state index in [9.17, 15) is 0 Å². The van der Waals surface area contributed by atoms with Crippen LogP contribution in [0, 0.1) is 20.8 Å². The van der Waals surface area contributed by atoms with Gasteiger partial charge in [-0.15, -0.1) is 0 Å². The van der Waals surface area contributed by atoms with Gasteiger partial charge >= 0.3 is 0 Å². The topological polar surface area (TPSA) is 55.2 Å². The molecule has 0 aliphatic carbocycles. The molecule has 172 valence electrons. The molecule has 0 spiro atoms. The second-order valence-corrected chi connectivity index (χ2v) is 8.86. The molecule has 7 heteroatoms. The van der Waals surface area contributed by atoms with Crippen LogP contribution in [0.3, 0.4) is 0 Å². The zero-order valence-corrected chi connectivity index (χ0v) is 20.5. The highest BCUT2D eigenvalue weighted by Gasteiger charge is 2.43. The molecule has 1 aliphatic heterocycles. The van der Waals surface area contributed by atoms with Crippen LogP contribution < -0.4 is 15.0 Å². The van der Waals surface area contributed by atoms with E-state index in [-0.39, 0.29) is 12.1 Å². The van der Waals surface area contributed by atoms with Crippen LogP contribution in [0.2, 0.25) is 0 Å². The highest BCUT2D eigenvalue weighted by molar-refractivity contribution is 7.80. The molecule has 1 N–H and O–H groups in total. The van der Waals surface area contributed by atoms with Crippen LogP contribution in [0.5, 0.6) is 5.75 Å². The van der Waals surface area contributed by atoms with Gasteiger partial charge in [0.1, 0.15) is 11.6 Å². The van der Waals surface area contributed by atoms with Crippen LogP contribution >= 0.6 is 12.2 Å². The highest BCUT2D eigenvalue weighted by atomic mass is 32.1. The van der Waals surface area contributed by atoms with E-state index in [1.807, 2.05) is 60.9 Å². The maximum Gasteiger partial charge on any atom is 0.174 e. The zero-order valence-electron chi connectivity index (χ0n) is 19.7. The molecule has 0 bridgehead atoms. The van der Waals surface area contributed by atoms with Crippen molar-refractivity contribution in [2.75, 3.05) is 12.0 Å². The first-order valence-corrected chi connectivity index (χ1v) is 11.7. The van der Waals surface area contributed by atoms with Crippen molar-refractivity contribution in [2.45, 2.75) is 32.9 Å². The molecule has 0 unspecified atom stereocenters. The monoisotopic (exact) mass is 469 g/mol. The number of hydrogen-bond acceptors (Lipinski definition) is 4. The molecule has 0 saturated carbocycles. The summed E-state index contributed by atoms with van der Waals surface area (Å²) in [6, 6.07) is 20.0. The van der Waals surface area contributed by atoms with Crippen molar-refractivity contribution in [2.24, 2.45) is 0 Å². The van der Waals surface area contributed by atoms with Gasteiger partial charge in [-0.1, -0.05) is 24.3 Å². The summed E-state index contributed by atoms with van der Waals surface area (Å²) in [5.41, 5.74) is 6.38. The first-order valence-electron chi connectivity index (χ1n) is 11.3. The van der Waals surface area contributed by atoms with Crippen LogP contribution in [-0.4, -0.2) is 26.8 Å². The SMILES string of the molecule is COc1ccccc1N1C(=S)N[C@@H](c2ccccn2)[C@H]1c1cc(C)n(-c2ncccc2C)c1C. The molecule has 1 saturated heterocycles. The van der Waals surface area contributed by atoms with Crippen molar-refractivity contribution >= 4 is 23.0 Å². The molecule has 0 radical (unpaired) electrons. The molecule has 2 atom stereocenters. The minimum atomic E-state index is -0.127. The van der Waals surface area contributed by atoms with Crippen molar-refractivity contribution in [3.8, 4) is 11.6 Å². The van der Waals surface area contributed by atoms with E-state index in [1.54, 1.807) is 7.11 Å². The number of aryl methyl sites for hydroxylation is 2. The summed E-state index contributed by atoms with van der Waals surface area (Å²) in [5, 5.41) is 4.18. The average molecular weight is 470 g/mol. The molecule has 4 heterocycles. The normalized spacial score (nSPS) is 17.6. The number of nitrogens with zero attached hydrogens (tertiary/aromatic N) is 4. The summed E-state index contributed by atoms with van der Waals surface area (Å²) in [6.07, 6.45) is 3.66. The number of ether oxygens (including phenoxy) is 1. The minimum absolute atomic E-state index is 0.123. The van der Waals surface area contributed by atoms with Gasteiger partial charge in [0.25, 0.3) is 0 Å². The van der Waals surface area contributed by atoms with Gasteiger partial charge in [-0.25, -0.2) is 4.98 Å². The summed E-state index contributed by atoms with van der Waals surface area (Å²) >= 11 is 5.89. The number of pyridine rings is 2. The Balaban J connectivity index is 1.72. The number of nitrogens with one attached hydrogen (secondary N) is 1. The van der Waals surface area contributed by atoms with E-state index in [0.29, 0.717) is 5.11 Å². The summed E-state index contributed by atoms with van der Waals surface area (Å²) in [6.45, 7) is 6.35. The van der Waals surface area contributed by atoms with Crippen LogP contribution in [0.4, 0.5) is 5.69 Å². The van der Waals surface area contributed by atoms with Crippen LogP contribution in [-0.2, 0) is 0 Å². The molecular weight excluding hydrogens is 442 g/mol. The number of aromatic nitrogens is 3. The number of hydrogen-bond donors (Lipinski definition) is 1. The van der Waals surface area contributed by atoms with Gasteiger partial charge in [0.2, 0.25) is 0 Å². The number of methoxy groups -OCH3 is 1. The van der Waals surface area contributed by atoms with Gasteiger partial charge in [-0.2, -0.15) is 0 Å². The van der Waals surface area contributed by atoms with Gasteiger partial charge in [0, 0.05) is 23.8 Å². The Labute approximate surface area is 205 Å². The predicted molar refractivity (Wildman–Crippen MR) is 139 cm³/mol. The van der Waals surface area contributed by atoms with Crippen molar-refractivity contribution in [1.82, 2.24) is 19.9 Å². The summed E-state index contributed by atoms with van der Waals surface area (Å²) in [4.78, 5) is 11.5. The fourth-order valence-electron chi connectivity index (χ4n) is 4.88. The number of rotatable bonds is 5. The quantitative estimate of drug-likeness (QED) is 0.396. The van der Waals surface area contributed by atoms with Crippen molar-refractivity contribution in [3.63, 3.8) is 0 Å². The Morgan fingerprint density at radius 1 is 0.941 bits per heavy atom. The maximum absolute atomic E-state index is 5.89. The van der Waals surface area contributed by atoms with Crippen molar-refractivity contribution < 1.29 is 4.74 Å². The third kappa shape index (κ3) is 3.62. The van der Waals surface area contributed by atoms with Crippen LogP contribution in [0.25, 0.3) is 5.82 Å². The molecule has 0 amide bonds. The number of anilines is 1. The molecule has 6 nitrogen and oxygen atoms in total. The lowest BCUT2D eigenvalue weighted by Crippen LogP contribution is -2.30. The molecule has 34 heavy (non-hydrogen) atoms. The largest absolute Gasteiger partial charge is 0.495 e. The molecule has 5 rings (SSSR count). The van der Waals surface area contributed by atoms with Gasteiger partial charge in [0.05, 0.1) is 30.6 Å². The molecule has 1 aliphatic rings. The van der Waals surface area contributed by atoms with Gasteiger partial charge in [-0.05, 0) is 80.5 Å². The van der Waals surface area contributed by atoms with E-state index in [0.717, 1.165) is 45.5 Å². The summed E-state index contributed by atoms with van der Waals surface area (Å²) in [5.74, 6) is 1.71. The Hall–Kier alpha value is -3.71. The van der Waals surface area contributed by atoms with Gasteiger partial charge in [0.15, 0.2) is 5.11 Å². The van der Waals surface area contributed by atoms with Crippen LogP contribution in [0.15, 0.2) is 73.1 Å². The van der Waals surface area contributed by atoms with Crippen molar-refractivity contribution in [3.05, 3.63) is 101 Å². The van der Waals surface area contributed by atoms with E-state index in [4.69, 9.17) is 17.0 Å². The maximum atomic E-state index is 5.89. The fourth-order valence-corrected chi connectivity index (χ4v) is 5.22. The lowest BCUT2D eigenvalue weighted by atomic mass is 9.96. The van der Waals surface area contributed by atoms with Gasteiger partial charge < -0.3 is 19.5 Å².